The molecule has 5 nitrogen and oxygen atoms in total. The van der Waals surface area contributed by atoms with Crippen molar-refractivity contribution in [2.75, 3.05) is 45.2 Å². The van der Waals surface area contributed by atoms with Gasteiger partial charge in [-0.25, -0.2) is 8.78 Å². The number of benzene rings is 3. The predicted octanol–water partition coefficient (Wildman–Crippen LogP) is 4.71. The van der Waals surface area contributed by atoms with E-state index in [-0.39, 0.29) is 23.6 Å². The summed E-state index contributed by atoms with van der Waals surface area (Å²) in [6.07, 6.45) is 0.884. The lowest BCUT2D eigenvalue weighted by Crippen LogP contribution is -2.37. The Bertz CT molecular complexity index is 1030. The van der Waals surface area contributed by atoms with Gasteiger partial charge in [-0.3, -0.25) is 14.6 Å². The molecule has 3 aromatic carbocycles. The molecular formula is C27H29F2N3O2. The minimum atomic E-state index is -0.286. The van der Waals surface area contributed by atoms with Crippen LogP contribution in [0, 0.1) is 11.6 Å². The number of amides is 1. The Balaban J connectivity index is 1.42. The van der Waals surface area contributed by atoms with E-state index < -0.39 is 0 Å². The van der Waals surface area contributed by atoms with E-state index in [9.17, 15) is 13.6 Å². The second kappa shape index (κ2) is 11.2. The van der Waals surface area contributed by atoms with Crippen LogP contribution in [0.1, 0.15) is 23.6 Å². The predicted molar refractivity (Wildman–Crippen MR) is 129 cm³/mol. The van der Waals surface area contributed by atoms with E-state index in [0.717, 1.165) is 55.2 Å². The third-order valence-electron chi connectivity index (χ3n) is 6.10. The quantitative estimate of drug-likeness (QED) is 0.549. The summed E-state index contributed by atoms with van der Waals surface area (Å²) < 4.78 is 32.3. The van der Waals surface area contributed by atoms with E-state index in [4.69, 9.17) is 4.74 Å². The number of ether oxygens (including phenoxy) is 1. The summed E-state index contributed by atoms with van der Waals surface area (Å²) in [6.45, 7) is 3.36. The molecule has 1 heterocycles. The first kappa shape index (κ1) is 23.9. The van der Waals surface area contributed by atoms with E-state index in [2.05, 4.69) is 15.1 Å². The van der Waals surface area contributed by atoms with Crippen LogP contribution in [-0.4, -0.2) is 55.5 Å². The van der Waals surface area contributed by atoms with Crippen LogP contribution in [0.5, 0.6) is 5.75 Å². The SMILES string of the molecule is COc1ccc(NC(=O)CN2CCCN(C(c3ccc(F)cc3)c3ccc(F)cc3)CC2)cc1. The minimum Gasteiger partial charge on any atom is -0.497 e. The fourth-order valence-corrected chi connectivity index (χ4v) is 4.39. The summed E-state index contributed by atoms with van der Waals surface area (Å²) in [4.78, 5) is 17.1. The Hall–Kier alpha value is -3.29. The molecule has 0 saturated carbocycles. The molecular weight excluding hydrogens is 436 g/mol. The van der Waals surface area contributed by atoms with Crippen molar-refractivity contribution in [3.8, 4) is 5.75 Å². The monoisotopic (exact) mass is 465 g/mol. The van der Waals surface area contributed by atoms with E-state index in [1.807, 2.05) is 24.3 Å². The summed E-state index contributed by atoms with van der Waals surface area (Å²) in [6, 6.07) is 20.1. The van der Waals surface area contributed by atoms with Crippen molar-refractivity contribution in [2.45, 2.75) is 12.5 Å². The van der Waals surface area contributed by atoms with Crippen molar-refractivity contribution >= 4 is 11.6 Å². The highest BCUT2D eigenvalue weighted by molar-refractivity contribution is 5.92. The fourth-order valence-electron chi connectivity index (χ4n) is 4.39. The van der Waals surface area contributed by atoms with Crippen LogP contribution in [-0.2, 0) is 4.79 Å². The topological polar surface area (TPSA) is 44.8 Å². The van der Waals surface area contributed by atoms with Gasteiger partial charge in [0.15, 0.2) is 0 Å². The van der Waals surface area contributed by atoms with Gasteiger partial charge in [0.05, 0.1) is 19.7 Å². The lowest BCUT2D eigenvalue weighted by atomic mass is 9.96. The molecule has 1 aliphatic rings. The Morgan fingerprint density at radius 2 is 1.44 bits per heavy atom. The zero-order valence-electron chi connectivity index (χ0n) is 19.2. The Labute approximate surface area is 198 Å². The lowest BCUT2D eigenvalue weighted by molar-refractivity contribution is -0.117. The molecule has 0 radical (unpaired) electrons. The molecule has 4 rings (SSSR count). The van der Waals surface area contributed by atoms with Gasteiger partial charge in [-0.15, -0.1) is 0 Å². The normalized spacial score (nSPS) is 15.2. The number of methoxy groups -OCH3 is 1. The minimum absolute atomic E-state index is 0.0627. The van der Waals surface area contributed by atoms with Gasteiger partial charge in [-0.1, -0.05) is 24.3 Å². The van der Waals surface area contributed by atoms with Crippen LogP contribution >= 0.6 is 0 Å². The zero-order valence-corrected chi connectivity index (χ0v) is 19.2. The molecule has 0 spiro atoms. The molecule has 1 aliphatic heterocycles. The largest absolute Gasteiger partial charge is 0.497 e. The second-order valence-corrected chi connectivity index (χ2v) is 8.45. The average molecular weight is 466 g/mol. The lowest BCUT2D eigenvalue weighted by Gasteiger charge is -2.31. The van der Waals surface area contributed by atoms with Gasteiger partial charge in [-0.2, -0.15) is 0 Å². The molecule has 178 valence electrons. The zero-order chi connectivity index (χ0) is 23.9. The fraction of sp³-hybridized carbons (Fsp3) is 0.296. The molecule has 7 heteroatoms. The molecule has 1 N–H and O–H groups in total. The van der Waals surface area contributed by atoms with Gasteiger partial charge >= 0.3 is 0 Å². The molecule has 1 amide bonds. The highest BCUT2D eigenvalue weighted by Crippen LogP contribution is 2.30. The first-order valence-electron chi connectivity index (χ1n) is 11.4. The van der Waals surface area contributed by atoms with Crippen molar-refractivity contribution in [2.24, 2.45) is 0 Å². The Kier molecular flexibility index (Phi) is 7.87. The number of carbonyl (C=O) groups excluding carboxylic acids is 1. The Morgan fingerprint density at radius 1 is 0.853 bits per heavy atom. The summed E-state index contributed by atoms with van der Waals surface area (Å²) in [7, 11) is 1.60. The van der Waals surface area contributed by atoms with Crippen molar-refractivity contribution in [3.05, 3.63) is 95.6 Å². The van der Waals surface area contributed by atoms with Crippen molar-refractivity contribution in [1.82, 2.24) is 9.80 Å². The molecule has 1 saturated heterocycles. The van der Waals surface area contributed by atoms with Gasteiger partial charge in [0.1, 0.15) is 17.4 Å². The Morgan fingerprint density at radius 3 is 2.00 bits per heavy atom. The molecule has 3 aromatic rings. The molecule has 0 bridgehead atoms. The standard InChI is InChI=1S/C27H29F2N3O2/c1-34-25-13-11-24(12-14-25)30-26(33)19-31-15-2-16-32(18-17-31)27(20-3-7-22(28)8-4-20)21-5-9-23(29)10-6-21/h3-14,27H,2,15-19H2,1H3,(H,30,33). The molecule has 0 aliphatic carbocycles. The van der Waals surface area contributed by atoms with Crippen LogP contribution in [0.25, 0.3) is 0 Å². The van der Waals surface area contributed by atoms with Crippen LogP contribution in [0.15, 0.2) is 72.8 Å². The van der Waals surface area contributed by atoms with Crippen molar-refractivity contribution < 1.29 is 18.3 Å². The van der Waals surface area contributed by atoms with E-state index in [1.54, 1.807) is 31.4 Å². The van der Waals surface area contributed by atoms with Gasteiger partial charge in [0.25, 0.3) is 0 Å². The molecule has 0 aromatic heterocycles. The highest BCUT2D eigenvalue weighted by Gasteiger charge is 2.26. The molecule has 0 atom stereocenters. The van der Waals surface area contributed by atoms with Gasteiger partial charge in [-0.05, 0) is 72.6 Å². The molecule has 0 unspecified atom stereocenters. The summed E-state index contributed by atoms with van der Waals surface area (Å²) >= 11 is 0. The maximum Gasteiger partial charge on any atom is 0.238 e. The number of hydrogen-bond acceptors (Lipinski definition) is 4. The second-order valence-electron chi connectivity index (χ2n) is 8.45. The van der Waals surface area contributed by atoms with Gasteiger partial charge in [0.2, 0.25) is 5.91 Å². The van der Waals surface area contributed by atoms with Crippen LogP contribution < -0.4 is 10.1 Å². The van der Waals surface area contributed by atoms with Gasteiger partial charge in [0, 0.05) is 25.3 Å². The van der Waals surface area contributed by atoms with E-state index >= 15 is 0 Å². The summed E-state index contributed by atoms with van der Waals surface area (Å²) in [5.41, 5.74) is 2.65. The van der Waals surface area contributed by atoms with Crippen molar-refractivity contribution in [3.63, 3.8) is 0 Å². The molecule has 34 heavy (non-hydrogen) atoms. The van der Waals surface area contributed by atoms with Crippen LogP contribution in [0.4, 0.5) is 14.5 Å². The van der Waals surface area contributed by atoms with E-state index in [1.165, 1.54) is 24.3 Å². The third-order valence-corrected chi connectivity index (χ3v) is 6.10. The van der Waals surface area contributed by atoms with E-state index in [0.29, 0.717) is 6.54 Å². The van der Waals surface area contributed by atoms with Crippen LogP contribution in [0.3, 0.4) is 0 Å². The number of anilines is 1. The number of halogens is 2. The van der Waals surface area contributed by atoms with Crippen molar-refractivity contribution in [1.29, 1.82) is 0 Å². The number of nitrogens with zero attached hydrogens (tertiary/aromatic N) is 2. The van der Waals surface area contributed by atoms with Gasteiger partial charge < -0.3 is 10.1 Å². The average Bonchev–Trinajstić information content (AvgIpc) is 3.07. The summed E-state index contributed by atoms with van der Waals surface area (Å²) in [5.74, 6) is 0.104. The molecule has 1 fully saturated rings. The summed E-state index contributed by atoms with van der Waals surface area (Å²) in [5, 5.41) is 2.94. The number of carbonyl (C=O) groups is 1. The van der Waals surface area contributed by atoms with Crippen LogP contribution in [0.2, 0.25) is 0 Å². The maximum atomic E-state index is 13.6. The first-order chi connectivity index (χ1) is 16.5. The number of nitrogens with one attached hydrogen (secondary N) is 1. The third kappa shape index (κ3) is 6.18. The first-order valence-corrected chi connectivity index (χ1v) is 11.4. The number of rotatable bonds is 7. The maximum absolute atomic E-state index is 13.6. The smallest absolute Gasteiger partial charge is 0.238 e. The highest BCUT2D eigenvalue weighted by atomic mass is 19.1. The number of hydrogen-bond donors (Lipinski definition) is 1.